The number of hydrogen-bond acceptors (Lipinski definition) is 2. The SMILES string of the molecule is CC(C)C(N)c1nc2ccc(Cl)cc2n1C. The fourth-order valence-electron chi connectivity index (χ4n) is 1.78. The number of nitrogens with zero attached hydrogens (tertiary/aromatic N) is 2. The van der Waals surface area contributed by atoms with E-state index in [4.69, 9.17) is 17.3 Å². The van der Waals surface area contributed by atoms with Crippen molar-refractivity contribution < 1.29 is 0 Å². The topological polar surface area (TPSA) is 43.8 Å². The molecule has 86 valence electrons. The van der Waals surface area contributed by atoms with E-state index in [0.717, 1.165) is 21.9 Å². The summed E-state index contributed by atoms with van der Waals surface area (Å²) in [5, 5.41) is 0.722. The molecule has 0 radical (unpaired) electrons. The van der Waals surface area contributed by atoms with Gasteiger partial charge in [-0.3, -0.25) is 0 Å². The van der Waals surface area contributed by atoms with Crippen LogP contribution in [0.3, 0.4) is 0 Å². The van der Waals surface area contributed by atoms with E-state index in [1.165, 1.54) is 0 Å². The summed E-state index contributed by atoms with van der Waals surface area (Å²) in [5.74, 6) is 1.28. The maximum atomic E-state index is 6.12. The van der Waals surface area contributed by atoms with Crippen molar-refractivity contribution in [2.45, 2.75) is 19.9 Å². The zero-order valence-electron chi connectivity index (χ0n) is 9.74. The molecule has 2 aromatic rings. The maximum Gasteiger partial charge on any atom is 0.126 e. The minimum atomic E-state index is -0.0452. The third kappa shape index (κ3) is 1.81. The highest BCUT2D eigenvalue weighted by molar-refractivity contribution is 6.31. The van der Waals surface area contributed by atoms with Crippen molar-refractivity contribution in [1.29, 1.82) is 0 Å². The average molecular weight is 238 g/mol. The van der Waals surface area contributed by atoms with Crippen LogP contribution in [-0.4, -0.2) is 9.55 Å². The van der Waals surface area contributed by atoms with Crippen LogP contribution in [0, 0.1) is 5.92 Å². The molecular formula is C12H16ClN3. The molecule has 1 aromatic heterocycles. The van der Waals surface area contributed by atoms with Crippen molar-refractivity contribution in [2.75, 3.05) is 0 Å². The van der Waals surface area contributed by atoms with Gasteiger partial charge in [0.2, 0.25) is 0 Å². The van der Waals surface area contributed by atoms with Crippen LogP contribution < -0.4 is 5.73 Å². The smallest absolute Gasteiger partial charge is 0.126 e. The van der Waals surface area contributed by atoms with Crippen LogP contribution in [-0.2, 0) is 7.05 Å². The van der Waals surface area contributed by atoms with Crippen LogP contribution in [0.4, 0.5) is 0 Å². The van der Waals surface area contributed by atoms with E-state index >= 15 is 0 Å². The summed E-state index contributed by atoms with van der Waals surface area (Å²) in [6.45, 7) is 4.19. The predicted octanol–water partition coefficient (Wildman–Crippen LogP) is 2.88. The molecule has 16 heavy (non-hydrogen) atoms. The van der Waals surface area contributed by atoms with Crippen molar-refractivity contribution in [3.05, 3.63) is 29.0 Å². The van der Waals surface area contributed by atoms with Crippen molar-refractivity contribution in [3.8, 4) is 0 Å². The highest BCUT2D eigenvalue weighted by Crippen LogP contribution is 2.24. The molecule has 0 aliphatic rings. The predicted molar refractivity (Wildman–Crippen MR) is 67.5 cm³/mol. The molecule has 0 spiro atoms. The Morgan fingerprint density at radius 1 is 1.38 bits per heavy atom. The summed E-state index contributed by atoms with van der Waals surface area (Å²) in [7, 11) is 1.98. The van der Waals surface area contributed by atoms with Gasteiger partial charge in [0, 0.05) is 12.1 Å². The molecule has 0 amide bonds. The van der Waals surface area contributed by atoms with Gasteiger partial charge < -0.3 is 10.3 Å². The van der Waals surface area contributed by atoms with E-state index in [0.29, 0.717) is 5.92 Å². The van der Waals surface area contributed by atoms with Gasteiger partial charge in [-0.1, -0.05) is 25.4 Å². The Morgan fingerprint density at radius 3 is 2.69 bits per heavy atom. The molecule has 2 rings (SSSR count). The Kier molecular flexibility index (Phi) is 2.91. The molecule has 0 aliphatic heterocycles. The first-order valence-corrected chi connectivity index (χ1v) is 5.76. The van der Waals surface area contributed by atoms with E-state index in [1.807, 2.05) is 29.8 Å². The number of hydrogen-bond donors (Lipinski definition) is 1. The van der Waals surface area contributed by atoms with Crippen LogP contribution in [0.2, 0.25) is 5.02 Å². The summed E-state index contributed by atoms with van der Waals surface area (Å²) in [6, 6.07) is 5.65. The lowest BCUT2D eigenvalue weighted by molar-refractivity contribution is 0.480. The summed E-state index contributed by atoms with van der Waals surface area (Å²) in [6.07, 6.45) is 0. The number of nitrogens with two attached hydrogens (primary N) is 1. The van der Waals surface area contributed by atoms with Crippen molar-refractivity contribution in [2.24, 2.45) is 18.7 Å². The molecule has 1 aromatic carbocycles. The maximum absolute atomic E-state index is 6.12. The molecule has 4 heteroatoms. The van der Waals surface area contributed by atoms with E-state index in [1.54, 1.807) is 0 Å². The summed E-state index contributed by atoms with van der Waals surface area (Å²) < 4.78 is 2.02. The molecule has 3 nitrogen and oxygen atoms in total. The largest absolute Gasteiger partial charge is 0.330 e. The first-order valence-electron chi connectivity index (χ1n) is 5.38. The summed E-state index contributed by atoms with van der Waals surface area (Å²) in [4.78, 5) is 4.55. The lowest BCUT2D eigenvalue weighted by atomic mass is 10.1. The fourth-order valence-corrected chi connectivity index (χ4v) is 1.94. The molecule has 0 aliphatic carbocycles. The van der Waals surface area contributed by atoms with E-state index in [9.17, 15) is 0 Å². The van der Waals surface area contributed by atoms with Gasteiger partial charge in [0.1, 0.15) is 5.82 Å². The third-order valence-electron chi connectivity index (χ3n) is 2.89. The Morgan fingerprint density at radius 2 is 2.06 bits per heavy atom. The number of halogens is 1. The zero-order chi connectivity index (χ0) is 11.9. The standard InChI is InChI=1S/C12H16ClN3/c1-7(2)11(14)12-15-9-5-4-8(13)6-10(9)16(12)3/h4-7,11H,14H2,1-3H3. The van der Waals surface area contributed by atoms with Crippen LogP contribution in [0.1, 0.15) is 25.7 Å². The first kappa shape index (κ1) is 11.4. The van der Waals surface area contributed by atoms with Crippen molar-refractivity contribution in [3.63, 3.8) is 0 Å². The van der Waals surface area contributed by atoms with Crippen LogP contribution in [0.25, 0.3) is 11.0 Å². The van der Waals surface area contributed by atoms with E-state index < -0.39 is 0 Å². The van der Waals surface area contributed by atoms with Gasteiger partial charge in [0.05, 0.1) is 17.1 Å². The van der Waals surface area contributed by atoms with Gasteiger partial charge >= 0.3 is 0 Å². The normalized spacial score (nSPS) is 13.6. The van der Waals surface area contributed by atoms with Gasteiger partial charge in [0.25, 0.3) is 0 Å². The molecule has 0 saturated carbocycles. The number of benzene rings is 1. The second kappa shape index (κ2) is 4.07. The number of fused-ring (bicyclic) bond motifs is 1. The lowest BCUT2D eigenvalue weighted by Gasteiger charge is -2.14. The quantitative estimate of drug-likeness (QED) is 0.873. The third-order valence-corrected chi connectivity index (χ3v) is 3.13. The minimum absolute atomic E-state index is 0.0452. The Labute approximate surface area is 100 Å². The Balaban J connectivity index is 2.60. The minimum Gasteiger partial charge on any atom is -0.330 e. The van der Waals surface area contributed by atoms with Crippen LogP contribution in [0.15, 0.2) is 18.2 Å². The molecular weight excluding hydrogens is 222 g/mol. The molecule has 2 N–H and O–H groups in total. The van der Waals surface area contributed by atoms with Crippen LogP contribution in [0.5, 0.6) is 0 Å². The number of aryl methyl sites for hydroxylation is 1. The van der Waals surface area contributed by atoms with Gasteiger partial charge in [-0.05, 0) is 24.1 Å². The average Bonchev–Trinajstić information content (AvgIpc) is 2.55. The second-order valence-corrected chi connectivity index (χ2v) is 4.87. The molecule has 1 atom stereocenters. The van der Waals surface area contributed by atoms with Gasteiger partial charge in [-0.2, -0.15) is 0 Å². The molecule has 1 heterocycles. The Hall–Kier alpha value is -1.06. The number of rotatable bonds is 2. The fraction of sp³-hybridized carbons (Fsp3) is 0.417. The highest BCUT2D eigenvalue weighted by Gasteiger charge is 2.17. The van der Waals surface area contributed by atoms with E-state index in [2.05, 4.69) is 18.8 Å². The Bertz CT molecular complexity index is 516. The first-order chi connectivity index (χ1) is 7.50. The van der Waals surface area contributed by atoms with Gasteiger partial charge in [-0.25, -0.2) is 4.98 Å². The molecule has 0 saturated heterocycles. The summed E-state index contributed by atoms with van der Waals surface area (Å²) in [5.41, 5.74) is 8.09. The highest BCUT2D eigenvalue weighted by atomic mass is 35.5. The number of imidazole rings is 1. The monoisotopic (exact) mass is 237 g/mol. The zero-order valence-corrected chi connectivity index (χ0v) is 10.5. The van der Waals surface area contributed by atoms with Crippen molar-refractivity contribution in [1.82, 2.24) is 9.55 Å². The van der Waals surface area contributed by atoms with Gasteiger partial charge in [-0.15, -0.1) is 0 Å². The van der Waals surface area contributed by atoms with Crippen molar-refractivity contribution >= 4 is 22.6 Å². The molecule has 1 unspecified atom stereocenters. The second-order valence-electron chi connectivity index (χ2n) is 4.43. The number of aromatic nitrogens is 2. The molecule has 0 fully saturated rings. The van der Waals surface area contributed by atoms with Gasteiger partial charge in [0.15, 0.2) is 0 Å². The van der Waals surface area contributed by atoms with E-state index in [-0.39, 0.29) is 6.04 Å². The molecule has 0 bridgehead atoms. The summed E-state index contributed by atoms with van der Waals surface area (Å²) >= 11 is 5.97. The lowest BCUT2D eigenvalue weighted by Crippen LogP contribution is -2.20. The van der Waals surface area contributed by atoms with Crippen LogP contribution >= 0.6 is 11.6 Å².